The molecule has 4 nitrogen and oxygen atoms in total. The lowest BCUT2D eigenvalue weighted by Gasteiger charge is -2.13. The fraction of sp³-hybridized carbons (Fsp3) is 0.0625. The van der Waals surface area contributed by atoms with Crippen molar-refractivity contribution in [3.8, 4) is 17.1 Å². The lowest BCUT2D eigenvalue weighted by molar-refractivity contribution is 0.628. The largest absolute Gasteiger partial charge is 0.397 e. The van der Waals surface area contributed by atoms with Gasteiger partial charge in [-0.05, 0) is 43.3 Å². The van der Waals surface area contributed by atoms with Crippen molar-refractivity contribution in [2.75, 3.05) is 11.5 Å². The second-order valence-corrected chi connectivity index (χ2v) is 5.91. The number of nitrogens with zero attached hydrogens (tertiary/aromatic N) is 2. The molecule has 4 N–H and O–H groups in total. The number of nitrogen functional groups attached to an aromatic ring is 2. The maximum Gasteiger partial charge on any atom is 0.148 e. The van der Waals surface area contributed by atoms with Crippen molar-refractivity contribution in [2.24, 2.45) is 0 Å². The minimum Gasteiger partial charge on any atom is -0.397 e. The first kappa shape index (κ1) is 15.6. The van der Waals surface area contributed by atoms with E-state index in [0.29, 0.717) is 38.6 Å². The fourth-order valence-corrected chi connectivity index (χ4v) is 2.74. The van der Waals surface area contributed by atoms with Gasteiger partial charge < -0.3 is 11.5 Å². The molecule has 118 valence electrons. The third-order valence-electron chi connectivity index (χ3n) is 3.50. The molecule has 0 atom stereocenters. The van der Waals surface area contributed by atoms with E-state index in [-0.39, 0.29) is 5.69 Å². The molecule has 0 spiro atoms. The van der Waals surface area contributed by atoms with Crippen molar-refractivity contribution in [1.82, 2.24) is 9.55 Å². The summed E-state index contributed by atoms with van der Waals surface area (Å²) in [5, 5.41) is 0.989. The van der Waals surface area contributed by atoms with Crippen LogP contribution in [0.25, 0.3) is 17.1 Å². The summed E-state index contributed by atoms with van der Waals surface area (Å²) in [6.07, 6.45) is 0. The molecule has 3 aromatic rings. The predicted octanol–water partition coefficient (Wildman–Crippen LogP) is 4.46. The van der Waals surface area contributed by atoms with E-state index in [1.807, 2.05) is 0 Å². The Balaban J connectivity index is 2.32. The highest BCUT2D eigenvalue weighted by Gasteiger charge is 2.19. The molecule has 1 aromatic heterocycles. The Hall–Kier alpha value is -2.24. The second-order valence-electron chi connectivity index (χ2n) is 5.07. The monoisotopic (exact) mass is 350 g/mol. The van der Waals surface area contributed by atoms with Gasteiger partial charge in [-0.1, -0.05) is 23.2 Å². The normalized spacial score (nSPS) is 11.0. The SMILES string of the molecule is Cc1nc(-c2cc(Cl)ccc2Cl)n(-c2ccc(F)cc2N)c1N. The predicted molar refractivity (Wildman–Crippen MR) is 92.5 cm³/mol. The molecule has 0 saturated carbocycles. The van der Waals surface area contributed by atoms with Crippen LogP contribution in [-0.2, 0) is 0 Å². The standard InChI is InChI=1S/C16H13Cl2FN4/c1-8-15(21)23(14-5-3-10(19)7-13(14)20)16(22-8)11-6-9(17)2-4-12(11)18/h2-7H,20-21H2,1H3. The van der Waals surface area contributed by atoms with Crippen molar-refractivity contribution in [3.05, 3.63) is 58.0 Å². The first-order chi connectivity index (χ1) is 10.9. The molecule has 3 rings (SSSR count). The van der Waals surface area contributed by atoms with Crippen molar-refractivity contribution < 1.29 is 4.39 Å². The first-order valence-electron chi connectivity index (χ1n) is 6.74. The summed E-state index contributed by atoms with van der Waals surface area (Å²) in [7, 11) is 0. The number of halogens is 3. The van der Waals surface area contributed by atoms with Crippen LogP contribution in [-0.4, -0.2) is 9.55 Å². The average molecular weight is 351 g/mol. The minimum atomic E-state index is -0.427. The second kappa shape index (κ2) is 5.76. The molecule has 0 fully saturated rings. The summed E-state index contributed by atoms with van der Waals surface area (Å²) < 4.78 is 15.0. The summed E-state index contributed by atoms with van der Waals surface area (Å²) in [5.41, 5.74) is 14.1. The van der Waals surface area contributed by atoms with Crippen LogP contribution < -0.4 is 11.5 Å². The van der Waals surface area contributed by atoms with Gasteiger partial charge in [-0.2, -0.15) is 0 Å². The molecular weight excluding hydrogens is 338 g/mol. The first-order valence-corrected chi connectivity index (χ1v) is 7.49. The van der Waals surface area contributed by atoms with Crippen molar-refractivity contribution >= 4 is 34.7 Å². The smallest absolute Gasteiger partial charge is 0.148 e. The Bertz CT molecular complexity index is 905. The van der Waals surface area contributed by atoms with Gasteiger partial charge in [0.1, 0.15) is 17.5 Å². The van der Waals surface area contributed by atoms with Crippen LogP contribution in [0.2, 0.25) is 10.0 Å². The lowest BCUT2D eigenvalue weighted by atomic mass is 10.2. The molecule has 0 bridgehead atoms. The molecule has 7 heteroatoms. The Kier molecular flexibility index (Phi) is 3.92. The van der Waals surface area contributed by atoms with E-state index in [4.69, 9.17) is 34.7 Å². The number of hydrogen-bond donors (Lipinski definition) is 2. The van der Waals surface area contributed by atoms with E-state index in [0.717, 1.165) is 0 Å². The van der Waals surface area contributed by atoms with E-state index in [2.05, 4.69) is 4.98 Å². The number of rotatable bonds is 2. The zero-order valence-corrected chi connectivity index (χ0v) is 13.7. The van der Waals surface area contributed by atoms with Gasteiger partial charge in [-0.15, -0.1) is 0 Å². The van der Waals surface area contributed by atoms with Crippen LogP contribution in [0.15, 0.2) is 36.4 Å². The van der Waals surface area contributed by atoms with Gasteiger partial charge in [0.2, 0.25) is 0 Å². The maximum absolute atomic E-state index is 13.3. The summed E-state index contributed by atoms with van der Waals surface area (Å²) in [6.45, 7) is 1.77. The van der Waals surface area contributed by atoms with Crippen LogP contribution in [0.4, 0.5) is 15.9 Å². The van der Waals surface area contributed by atoms with Crippen LogP contribution in [0, 0.1) is 12.7 Å². The van der Waals surface area contributed by atoms with Gasteiger partial charge in [0, 0.05) is 10.6 Å². The Morgan fingerprint density at radius 2 is 1.83 bits per heavy atom. The third kappa shape index (κ3) is 2.73. The van der Waals surface area contributed by atoms with E-state index in [9.17, 15) is 4.39 Å². The van der Waals surface area contributed by atoms with Crippen molar-refractivity contribution in [2.45, 2.75) is 6.92 Å². The van der Waals surface area contributed by atoms with Gasteiger partial charge in [-0.3, -0.25) is 4.57 Å². The average Bonchev–Trinajstić information content (AvgIpc) is 2.78. The summed E-state index contributed by atoms with van der Waals surface area (Å²) >= 11 is 12.3. The van der Waals surface area contributed by atoms with Gasteiger partial charge >= 0.3 is 0 Å². The molecule has 0 saturated heterocycles. The lowest BCUT2D eigenvalue weighted by Crippen LogP contribution is -2.06. The summed E-state index contributed by atoms with van der Waals surface area (Å²) in [5.74, 6) is 0.462. The molecule has 0 aliphatic heterocycles. The Morgan fingerprint density at radius 3 is 2.52 bits per heavy atom. The highest BCUT2D eigenvalue weighted by Crippen LogP contribution is 2.35. The molecule has 1 heterocycles. The quantitative estimate of drug-likeness (QED) is 0.670. The number of benzene rings is 2. The van der Waals surface area contributed by atoms with Gasteiger partial charge in [0.15, 0.2) is 0 Å². The van der Waals surface area contributed by atoms with Crippen LogP contribution in [0.3, 0.4) is 0 Å². The van der Waals surface area contributed by atoms with E-state index in [1.165, 1.54) is 12.1 Å². The van der Waals surface area contributed by atoms with Crippen molar-refractivity contribution in [3.63, 3.8) is 0 Å². The molecule has 2 aromatic carbocycles. The highest BCUT2D eigenvalue weighted by atomic mass is 35.5. The Morgan fingerprint density at radius 1 is 1.09 bits per heavy atom. The van der Waals surface area contributed by atoms with Gasteiger partial charge in [-0.25, -0.2) is 9.37 Å². The van der Waals surface area contributed by atoms with Gasteiger partial charge in [0.05, 0.1) is 22.1 Å². The molecule has 23 heavy (non-hydrogen) atoms. The zero-order valence-electron chi connectivity index (χ0n) is 12.1. The topological polar surface area (TPSA) is 69.9 Å². The molecule has 0 radical (unpaired) electrons. The number of anilines is 2. The highest BCUT2D eigenvalue weighted by molar-refractivity contribution is 6.35. The van der Waals surface area contributed by atoms with E-state index in [1.54, 1.807) is 35.8 Å². The number of aromatic nitrogens is 2. The number of imidazole rings is 1. The minimum absolute atomic E-state index is 0.244. The number of nitrogens with two attached hydrogens (primary N) is 2. The number of hydrogen-bond acceptors (Lipinski definition) is 3. The molecule has 0 unspecified atom stereocenters. The zero-order chi connectivity index (χ0) is 16.7. The molecule has 0 amide bonds. The maximum atomic E-state index is 13.3. The fourth-order valence-electron chi connectivity index (χ4n) is 2.36. The molecule has 0 aliphatic carbocycles. The summed E-state index contributed by atoms with van der Waals surface area (Å²) in [4.78, 5) is 4.47. The van der Waals surface area contributed by atoms with Crippen LogP contribution in [0.1, 0.15) is 5.69 Å². The van der Waals surface area contributed by atoms with E-state index < -0.39 is 5.82 Å². The third-order valence-corrected chi connectivity index (χ3v) is 4.06. The van der Waals surface area contributed by atoms with Crippen molar-refractivity contribution in [1.29, 1.82) is 0 Å². The van der Waals surface area contributed by atoms with Gasteiger partial charge in [0.25, 0.3) is 0 Å². The molecule has 0 aliphatic rings. The van der Waals surface area contributed by atoms with E-state index >= 15 is 0 Å². The van der Waals surface area contributed by atoms with Crippen LogP contribution in [0.5, 0.6) is 0 Å². The molecular formula is C16H13Cl2FN4. The van der Waals surface area contributed by atoms with Crippen LogP contribution >= 0.6 is 23.2 Å². The number of aryl methyl sites for hydroxylation is 1. The Labute approximate surface area is 142 Å². The summed E-state index contributed by atoms with van der Waals surface area (Å²) in [6, 6.07) is 9.14.